The molecule has 30 heavy (non-hydrogen) atoms. The van der Waals surface area contributed by atoms with Gasteiger partial charge in [-0.15, -0.1) is 0 Å². The van der Waals surface area contributed by atoms with Gasteiger partial charge in [-0.2, -0.15) is 0 Å². The Kier molecular flexibility index (Phi) is 5.64. The Balaban J connectivity index is 1.63. The van der Waals surface area contributed by atoms with Crippen LogP contribution >= 0.6 is 39.1 Å². The number of hydrogen-bond donors (Lipinski definition) is 0. The molecule has 1 heterocycles. The van der Waals surface area contributed by atoms with Crippen LogP contribution in [-0.2, 0) is 11.3 Å². The van der Waals surface area contributed by atoms with Crippen LogP contribution < -0.4 is 4.90 Å². The topological polar surface area (TPSA) is 63.7 Å². The molecule has 0 fully saturated rings. The summed E-state index contributed by atoms with van der Waals surface area (Å²) in [6, 6.07) is 16.3. The van der Waals surface area contributed by atoms with Crippen molar-refractivity contribution in [3.63, 3.8) is 0 Å². The Hall–Kier alpha value is -2.67. The van der Waals surface area contributed by atoms with Crippen molar-refractivity contribution in [2.75, 3.05) is 4.90 Å². The molecular formula is C22H12BrCl2NO4. The van der Waals surface area contributed by atoms with Crippen LogP contribution in [0.3, 0.4) is 0 Å². The number of ether oxygens (including phenoxy) is 1. The van der Waals surface area contributed by atoms with E-state index in [0.717, 1.165) is 14.9 Å². The maximum absolute atomic E-state index is 12.9. The van der Waals surface area contributed by atoms with Crippen molar-refractivity contribution in [3.05, 3.63) is 97.4 Å². The number of carbonyl (C=O) groups is 3. The fourth-order valence-corrected chi connectivity index (χ4v) is 3.69. The minimum atomic E-state index is -0.652. The minimum Gasteiger partial charge on any atom is -0.457 e. The summed E-state index contributed by atoms with van der Waals surface area (Å²) in [5.74, 6) is -1.82. The molecule has 8 heteroatoms. The van der Waals surface area contributed by atoms with E-state index in [2.05, 4.69) is 15.9 Å². The average molecular weight is 505 g/mol. The monoisotopic (exact) mass is 503 g/mol. The summed E-state index contributed by atoms with van der Waals surface area (Å²) in [6.07, 6.45) is 0. The van der Waals surface area contributed by atoms with Crippen LogP contribution in [0.15, 0.2) is 65.1 Å². The Morgan fingerprint density at radius 3 is 2.07 bits per heavy atom. The van der Waals surface area contributed by atoms with Crippen LogP contribution in [0.1, 0.15) is 36.6 Å². The molecular weight excluding hydrogens is 493 g/mol. The molecule has 0 atom stereocenters. The third-order valence-corrected chi connectivity index (χ3v) is 5.83. The van der Waals surface area contributed by atoms with Crippen molar-refractivity contribution in [2.24, 2.45) is 0 Å². The highest BCUT2D eigenvalue weighted by Crippen LogP contribution is 2.35. The number of imide groups is 1. The van der Waals surface area contributed by atoms with E-state index >= 15 is 0 Å². The predicted octanol–water partition coefficient (Wildman–Crippen LogP) is 5.91. The Bertz CT molecular complexity index is 1150. The van der Waals surface area contributed by atoms with Gasteiger partial charge in [0.15, 0.2) is 0 Å². The highest BCUT2D eigenvalue weighted by atomic mass is 79.9. The van der Waals surface area contributed by atoms with E-state index in [1.807, 2.05) is 24.3 Å². The first-order chi connectivity index (χ1) is 14.4. The number of rotatable bonds is 4. The summed E-state index contributed by atoms with van der Waals surface area (Å²) in [7, 11) is 0. The third-order valence-electron chi connectivity index (χ3n) is 4.58. The quantitative estimate of drug-likeness (QED) is 0.327. The molecule has 0 saturated carbocycles. The fourth-order valence-electron chi connectivity index (χ4n) is 3.10. The second kappa shape index (κ2) is 8.22. The van der Waals surface area contributed by atoms with Crippen molar-refractivity contribution in [1.82, 2.24) is 0 Å². The lowest BCUT2D eigenvalue weighted by molar-refractivity contribution is 0.0474. The largest absolute Gasteiger partial charge is 0.457 e. The number of para-hydroxylation sites is 1. The number of amides is 2. The number of carbonyl (C=O) groups excluding carboxylic acids is 3. The highest BCUT2D eigenvalue weighted by Gasteiger charge is 2.39. The van der Waals surface area contributed by atoms with Crippen LogP contribution in [0.4, 0.5) is 5.69 Å². The summed E-state index contributed by atoms with van der Waals surface area (Å²) in [4.78, 5) is 39.5. The van der Waals surface area contributed by atoms with Gasteiger partial charge in [-0.1, -0.05) is 63.4 Å². The summed E-state index contributed by atoms with van der Waals surface area (Å²) in [6.45, 7) is 0.0494. The van der Waals surface area contributed by atoms with Crippen LogP contribution in [0, 0.1) is 0 Å². The molecule has 0 bridgehead atoms. The number of fused-ring (bicyclic) bond motifs is 1. The fraction of sp³-hybridized carbons (Fsp3) is 0.0455. The van der Waals surface area contributed by atoms with E-state index < -0.39 is 17.8 Å². The lowest BCUT2D eigenvalue weighted by Crippen LogP contribution is -2.31. The molecule has 150 valence electrons. The van der Waals surface area contributed by atoms with Gasteiger partial charge < -0.3 is 4.74 Å². The number of hydrogen-bond acceptors (Lipinski definition) is 4. The van der Waals surface area contributed by atoms with E-state index in [1.165, 1.54) is 24.3 Å². The molecule has 1 aliphatic heterocycles. The minimum absolute atomic E-state index is 0.0494. The molecule has 2 amide bonds. The first-order valence-electron chi connectivity index (χ1n) is 8.75. The lowest BCUT2D eigenvalue weighted by Gasteiger charge is -2.17. The molecule has 0 unspecified atom stereocenters. The molecule has 4 rings (SSSR count). The summed E-state index contributed by atoms with van der Waals surface area (Å²) < 4.78 is 6.31. The van der Waals surface area contributed by atoms with Gasteiger partial charge in [-0.05, 0) is 42.0 Å². The standard InChI is InChI=1S/C22H12BrCl2NO4/c23-13-7-5-12(6-8-13)11-30-22(29)14-3-1-2-4-19(14)26-20(27)15-9-17(24)18(25)10-16(15)21(26)28/h1-10H,11H2. The van der Waals surface area contributed by atoms with Gasteiger partial charge in [0.25, 0.3) is 11.8 Å². The van der Waals surface area contributed by atoms with Crippen LogP contribution in [0.2, 0.25) is 10.0 Å². The molecule has 1 aliphatic rings. The first kappa shape index (κ1) is 20.6. The first-order valence-corrected chi connectivity index (χ1v) is 10.3. The Morgan fingerprint density at radius 1 is 0.900 bits per heavy atom. The molecule has 0 aliphatic carbocycles. The highest BCUT2D eigenvalue weighted by molar-refractivity contribution is 9.10. The zero-order valence-corrected chi connectivity index (χ0v) is 18.3. The molecule has 3 aromatic carbocycles. The third kappa shape index (κ3) is 3.74. The molecule has 0 N–H and O–H groups in total. The van der Waals surface area contributed by atoms with Gasteiger partial charge in [0.05, 0.1) is 32.4 Å². The summed E-state index contributed by atoms with van der Waals surface area (Å²) in [5, 5.41) is 0.334. The van der Waals surface area contributed by atoms with Crippen molar-refractivity contribution >= 4 is 62.6 Å². The summed E-state index contributed by atoms with van der Waals surface area (Å²) in [5.41, 5.74) is 1.30. The van der Waals surface area contributed by atoms with Crippen molar-refractivity contribution in [2.45, 2.75) is 6.61 Å². The number of nitrogens with zero attached hydrogens (tertiary/aromatic N) is 1. The molecule has 3 aromatic rings. The normalized spacial score (nSPS) is 12.8. The van der Waals surface area contributed by atoms with Crippen LogP contribution in [-0.4, -0.2) is 17.8 Å². The average Bonchev–Trinajstić information content (AvgIpc) is 2.97. The van der Waals surface area contributed by atoms with E-state index in [1.54, 1.807) is 12.1 Å². The van der Waals surface area contributed by atoms with Crippen molar-refractivity contribution in [3.8, 4) is 0 Å². The molecule has 0 radical (unpaired) electrons. The van der Waals surface area contributed by atoms with Crippen molar-refractivity contribution in [1.29, 1.82) is 0 Å². The van der Waals surface area contributed by atoms with Gasteiger partial charge in [-0.25, -0.2) is 9.69 Å². The molecule has 0 spiro atoms. The van der Waals surface area contributed by atoms with Crippen LogP contribution in [0.5, 0.6) is 0 Å². The SMILES string of the molecule is O=C(OCc1ccc(Br)cc1)c1ccccc1N1C(=O)c2cc(Cl)c(Cl)cc2C1=O. The predicted molar refractivity (Wildman–Crippen MR) is 117 cm³/mol. The maximum Gasteiger partial charge on any atom is 0.340 e. The Morgan fingerprint density at radius 2 is 1.47 bits per heavy atom. The number of benzene rings is 3. The summed E-state index contributed by atoms with van der Waals surface area (Å²) >= 11 is 15.3. The van der Waals surface area contributed by atoms with Gasteiger partial charge in [0.2, 0.25) is 0 Å². The van der Waals surface area contributed by atoms with Gasteiger partial charge >= 0.3 is 5.97 Å². The van der Waals surface area contributed by atoms with Crippen molar-refractivity contribution < 1.29 is 19.1 Å². The molecule has 0 saturated heterocycles. The number of anilines is 1. The lowest BCUT2D eigenvalue weighted by atomic mass is 10.1. The zero-order valence-electron chi connectivity index (χ0n) is 15.2. The second-order valence-corrected chi connectivity index (χ2v) is 8.21. The van der Waals surface area contributed by atoms with E-state index in [0.29, 0.717) is 0 Å². The van der Waals surface area contributed by atoms with Gasteiger partial charge in [0.1, 0.15) is 6.61 Å². The van der Waals surface area contributed by atoms with Crippen LogP contribution in [0.25, 0.3) is 0 Å². The van der Waals surface area contributed by atoms with E-state index in [9.17, 15) is 14.4 Å². The Labute approximate surface area is 190 Å². The van der Waals surface area contributed by atoms with E-state index in [4.69, 9.17) is 27.9 Å². The molecule has 5 nitrogen and oxygen atoms in total. The zero-order chi connectivity index (χ0) is 21.4. The van der Waals surface area contributed by atoms with E-state index in [-0.39, 0.29) is 39.0 Å². The number of esters is 1. The van der Waals surface area contributed by atoms with Gasteiger partial charge in [0, 0.05) is 4.47 Å². The smallest absolute Gasteiger partial charge is 0.340 e. The number of halogens is 3. The van der Waals surface area contributed by atoms with Gasteiger partial charge in [-0.3, -0.25) is 9.59 Å². The maximum atomic E-state index is 12.9. The second-order valence-electron chi connectivity index (χ2n) is 6.48. The molecule has 0 aromatic heterocycles.